The summed E-state index contributed by atoms with van der Waals surface area (Å²) < 4.78 is 10.6. The lowest BCUT2D eigenvalue weighted by molar-refractivity contribution is 0.0526. The number of hydrogen-bond acceptors (Lipinski definition) is 6. The fourth-order valence-electron chi connectivity index (χ4n) is 3.96. The second kappa shape index (κ2) is 7.73. The number of carbonyl (C=O) groups is 2. The zero-order valence-corrected chi connectivity index (χ0v) is 17.1. The first kappa shape index (κ1) is 19.6. The van der Waals surface area contributed by atoms with Crippen LogP contribution in [-0.4, -0.2) is 33.8 Å². The van der Waals surface area contributed by atoms with Crippen LogP contribution in [0.2, 0.25) is 0 Å². The number of H-pyrrole nitrogens is 1. The number of fused-ring (bicyclic) bond motifs is 1. The first-order valence-corrected chi connectivity index (χ1v) is 10.1. The van der Waals surface area contributed by atoms with Crippen molar-refractivity contribution in [3.8, 4) is 17.2 Å². The maximum Gasteiger partial charge on any atom is 0.338 e. The second-order valence-electron chi connectivity index (χ2n) is 7.27. The van der Waals surface area contributed by atoms with Crippen molar-refractivity contribution >= 4 is 17.6 Å². The van der Waals surface area contributed by atoms with Crippen molar-refractivity contribution in [1.82, 2.24) is 10.2 Å². The highest BCUT2D eigenvalue weighted by Crippen LogP contribution is 2.45. The summed E-state index contributed by atoms with van der Waals surface area (Å²) in [5.41, 5.74) is 3.39. The lowest BCUT2D eigenvalue weighted by Crippen LogP contribution is -2.29. The Morgan fingerprint density at radius 2 is 1.91 bits per heavy atom. The molecule has 0 spiro atoms. The van der Waals surface area contributed by atoms with Crippen molar-refractivity contribution in [3.63, 3.8) is 0 Å². The summed E-state index contributed by atoms with van der Waals surface area (Å²) >= 11 is 0. The van der Waals surface area contributed by atoms with Crippen molar-refractivity contribution < 1.29 is 23.8 Å². The fourth-order valence-corrected chi connectivity index (χ4v) is 3.96. The molecule has 32 heavy (non-hydrogen) atoms. The Morgan fingerprint density at radius 3 is 2.56 bits per heavy atom. The molecule has 2 aromatic heterocycles. The summed E-state index contributed by atoms with van der Waals surface area (Å²) in [4.78, 5) is 27.1. The Labute approximate surface area is 183 Å². The minimum absolute atomic E-state index is 0.127. The van der Waals surface area contributed by atoms with E-state index in [1.165, 1.54) is 0 Å². The number of carbonyl (C=O) groups excluding carboxylic acids is 2. The normalized spacial score (nSPS) is 15.1. The molecule has 3 heterocycles. The van der Waals surface area contributed by atoms with Gasteiger partial charge < -0.3 is 14.3 Å². The van der Waals surface area contributed by atoms with E-state index >= 15 is 0 Å². The van der Waals surface area contributed by atoms with Gasteiger partial charge >= 0.3 is 5.97 Å². The Morgan fingerprint density at radius 1 is 1.16 bits per heavy atom. The van der Waals surface area contributed by atoms with Crippen molar-refractivity contribution in [2.24, 2.45) is 0 Å². The maximum absolute atomic E-state index is 13.4. The predicted molar refractivity (Wildman–Crippen MR) is 115 cm³/mol. The summed E-state index contributed by atoms with van der Waals surface area (Å²) in [5.74, 6) is -0.0110. The molecule has 5 rings (SSSR count). The van der Waals surface area contributed by atoms with Crippen LogP contribution in [0, 0.1) is 0 Å². The molecule has 0 saturated heterocycles. The number of ether oxygens (including phenoxy) is 1. The Balaban J connectivity index is 1.62. The van der Waals surface area contributed by atoms with Gasteiger partial charge in [-0.05, 0) is 61.0 Å². The molecule has 0 saturated carbocycles. The molecule has 0 aliphatic carbocycles. The van der Waals surface area contributed by atoms with Crippen LogP contribution in [0.5, 0.6) is 5.75 Å². The Kier molecular flexibility index (Phi) is 4.74. The van der Waals surface area contributed by atoms with Gasteiger partial charge in [-0.3, -0.25) is 14.8 Å². The molecule has 2 aromatic carbocycles. The maximum atomic E-state index is 13.4. The highest BCUT2D eigenvalue weighted by atomic mass is 16.5. The van der Waals surface area contributed by atoms with Gasteiger partial charge in [0.05, 0.1) is 24.5 Å². The number of nitrogens with zero attached hydrogens (tertiary/aromatic N) is 2. The first-order chi connectivity index (χ1) is 15.6. The monoisotopic (exact) mass is 429 g/mol. The summed E-state index contributed by atoms with van der Waals surface area (Å²) in [6, 6.07) is 16.4. The zero-order chi connectivity index (χ0) is 22.2. The number of rotatable bonds is 5. The highest BCUT2D eigenvalue weighted by molar-refractivity contribution is 6.11. The van der Waals surface area contributed by atoms with Crippen molar-refractivity contribution in [2.45, 2.75) is 13.0 Å². The van der Waals surface area contributed by atoms with Gasteiger partial charge in [0.25, 0.3) is 5.91 Å². The summed E-state index contributed by atoms with van der Waals surface area (Å²) in [6.07, 6.45) is 1.56. The molecule has 1 aliphatic rings. The van der Waals surface area contributed by atoms with Crippen LogP contribution >= 0.6 is 0 Å². The van der Waals surface area contributed by atoms with Crippen molar-refractivity contribution in [1.29, 1.82) is 0 Å². The third kappa shape index (κ3) is 3.13. The predicted octanol–water partition coefficient (Wildman–Crippen LogP) is 4.30. The molecular formula is C24H19N3O5. The third-order valence-corrected chi connectivity index (χ3v) is 5.39. The number of furan rings is 1. The molecule has 8 nitrogen and oxygen atoms in total. The number of amides is 1. The molecule has 160 valence electrons. The smallest absolute Gasteiger partial charge is 0.338 e. The lowest BCUT2D eigenvalue weighted by Gasteiger charge is -2.26. The number of aromatic hydroxyl groups is 1. The Hall–Kier alpha value is -4.33. The molecule has 1 aliphatic heterocycles. The first-order valence-electron chi connectivity index (χ1n) is 10.1. The topological polar surface area (TPSA) is 109 Å². The molecule has 0 fully saturated rings. The second-order valence-corrected chi connectivity index (χ2v) is 7.27. The third-order valence-electron chi connectivity index (χ3n) is 5.39. The van der Waals surface area contributed by atoms with Crippen LogP contribution < -0.4 is 4.90 Å². The van der Waals surface area contributed by atoms with Crippen LogP contribution in [0.4, 0.5) is 5.69 Å². The van der Waals surface area contributed by atoms with Crippen molar-refractivity contribution in [2.75, 3.05) is 11.5 Å². The highest BCUT2D eigenvalue weighted by Gasteiger charge is 2.43. The van der Waals surface area contributed by atoms with Gasteiger partial charge in [0.1, 0.15) is 11.4 Å². The minimum atomic E-state index is -0.509. The van der Waals surface area contributed by atoms with Gasteiger partial charge in [0.15, 0.2) is 11.5 Å². The summed E-state index contributed by atoms with van der Waals surface area (Å²) in [7, 11) is 0. The number of benzene rings is 2. The minimum Gasteiger partial charge on any atom is -0.508 e. The summed E-state index contributed by atoms with van der Waals surface area (Å²) in [5, 5.41) is 17.0. The van der Waals surface area contributed by atoms with E-state index in [-0.39, 0.29) is 18.3 Å². The molecular weight excluding hydrogens is 410 g/mol. The van der Waals surface area contributed by atoms with Crippen molar-refractivity contribution in [3.05, 3.63) is 89.3 Å². The molecule has 1 amide bonds. The summed E-state index contributed by atoms with van der Waals surface area (Å²) in [6.45, 7) is 2.03. The van der Waals surface area contributed by atoms with E-state index in [1.807, 2.05) is 0 Å². The standard InChI is InChI=1S/C24H19N3O5/c1-2-31-24(30)15-5-9-16(10-6-15)27-22(14-7-11-17(28)12-8-14)19-20(18-4-3-13-32-18)25-26-21(19)23(27)29/h3-13,22,28H,2H2,1H3,(H,25,26)/t22-/m1/s1. The molecule has 0 bridgehead atoms. The number of aromatic amines is 1. The van der Waals surface area contributed by atoms with E-state index in [2.05, 4.69) is 10.2 Å². The number of anilines is 1. The SMILES string of the molecule is CCOC(=O)c1ccc(N2C(=O)c3n[nH]c(-c4ccco4)c3[C@H]2c2ccc(O)cc2)cc1. The fraction of sp³-hybridized carbons (Fsp3) is 0.125. The van der Waals surface area contributed by atoms with E-state index in [9.17, 15) is 14.7 Å². The lowest BCUT2D eigenvalue weighted by atomic mass is 9.97. The van der Waals surface area contributed by atoms with Gasteiger partial charge in [-0.2, -0.15) is 5.10 Å². The number of phenols is 1. The zero-order valence-electron chi connectivity index (χ0n) is 17.1. The van der Waals surface area contributed by atoms with Crippen LogP contribution in [-0.2, 0) is 4.74 Å². The van der Waals surface area contributed by atoms with Gasteiger partial charge in [0.2, 0.25) is 0 Å². The number of esters is 1. The van der Waals surface area contributed by atoms with E-state index in [0.29, 0.717) is 34.0 Å². The van der Waals surface area contributed by atoms with Gasteiger partial charge in [0, 0.05) is 11.3 Å². The largest absolute Gasteiger partial charge is 0.508 e. The van der Waals surface area contributed by atoms with Gasteiger partial charge in [-0.25, -0.2) is 4.79 Å². The average molecular weight is 429 g/mol. The molecule has 0 unspecified atom stereocenters. The van der Waals surface area contributed by atoms with Crippen LogP contribution in [0.3, 0.4) is 0 Å². The number of hydrogen-bond donors (Lipinski definition) is 2. The van der Waals surface area contributed by atoms with E-state index in [1.54, 1.807) is 78.8 Å². The quantitative estimate of drug-likeness (QED) is 0.458. The molecule has 0 radical (unpaired) electrons. The number of phenolic OH excluding ortho intramolecular Hbond substituents is 1. The molecule has 4 aromatic rings. The van der Waals surface area contributed by atoms with E-state index < -0.39 is 12.0 Å². The van der Waals surface area contributed by atoms with Gasteiger partial charge in [-0.1, -0.05) is 12.1 Å². The Bertz CT molecular complexity index is 1270. The van der Waals surface area contributed by atoms with E-state index in [4.69, 9.17) is 9.15 Å². The number of nitrogens with one attached hydrogen (secondary N) is 1. The van der Waals surface area contributed by atoms with E-state index in [0.717, 1.165) is 5.56 Å². The molecule has 2 N–H and O–H groups in total. The molecule has 1 atom stereocenters. The number of aromatic nitrogens is 2. The average Bonchev–Trinajstić information content (AvgIpc) is 3.53. The van der Waals surface area contributed by atoms with Crippen LogP contribution in [0.25, 0.3) is 11.5 Å². The van der Waals surface area contributed by atoms with Crippen LogP contribution in [0.1, 0.15) is 44.9 Å². The molecule has 8 heteroatoms. The van der Waals surface area contributed by atoms with Crippen LogP contribution in [0.15, 0.2) is 71.3 Å². The van der Waals surface area contributed by atoms with Gasteiger partial charge in [-0.15, -0.1) is 0 Å².